The molecule has 1 nitrogen and oxygen atoms in total. The third-order valence-electron chi connectivity index (χ3n) is 1.23. The number of hydrogen-bond acceptors (Lipinski definition) is 2. The summed E-state index contributed by atoms with van der Waals surface area (Å²) in [4.78, 5) is 1.13. The van der Waals surface area contributed by atoms with Gasteiger partial charge in [-0.2, -0.15) is 0 Å². The molecule has 1 aromatic carbocycles. The standard InChI is InChI=1S/C8H5OS/c1-2-4-8-7(3-1)9-5-6-10-8/h1,3-6H. The second-order valence-electron chi connectivity index (χ2n) is 1.88. The molecule has 49 valence electrons. The van der Waals surface area contributed by atoms with Gasteiger partial charge in [-0.25, -0.2) is 0 Å². The second kappa shape index (κ2) is 2.39. The monoisotopic (exact) mass is 149 g/mol. The van der Waals surface area contributed by atoms with E-state index >= 15 is 0 Å². The number of hydrogen-bond donors (Lipinski definition) is 0. The van der Waals surface area contributed by atoms with Crippen LogP contribution in [0.1, 0.15) is 0 Å². The van der Waals surface area contributed by atoms with Gasteiger partial charge in [-0.15, -0.1) is 0 Å². The zero-order valence-electron chi connectivity index (χ0n) is 5.20. The molecule has 0 N–H and O–H groups in total. The maximum atomic E-state index is 5.20. The van der Waals surface area contributed by atoms with Crippen molar-refractivity contribution in [2.75, 3.05) is 0 Å². The largest absolute Gasteiger partial charge is 0.463 e. The van der Waals surface area contributed by atoms with E-state index in [1.165, 1.54) is 0 Å². The molecule has 0 aromatic heterocycles. The Morgan fingerprint density at radius 1 is 1.50 bits per heavy atom. The highest BCUT2D eigenvalue weighted by Gasteiger charge is 2.03. The summed E-state index contributed by atoms with van der Waals surface area (Å²) in [6, 6.07) is 8.66. The van der Waals surface area contributed by atoms with Crippen LogP contribution in [-0.4, -0.2) is 0 Å². The van der Waals surface area contributed by atoms with Crippen LogP contribution in [0.3, 0.4) is 0 Å². The van der Waals surface area contributed by atoms with E-state index in [0.29, 0.717) is 0 Å². The van der Waals surface area contributed by atoms with Gasteiger partial charge < -0.3 is 4.74 Å². The second-order valence-corrected chi connectivity index (χ2v) is 2.83. The van der Waals surface area contributed by atoms with Gasteiger partial charge in [0.15, 0.2) is 0 Å². The average Bonchev–Trinajstić information content (AvgIpc) is 2.05. The first-order valence-electron chi connectivity index (χ1n) is 2.95. The van der Waals surface area contributed by atoms with Crippen molar-refractivity contribution in [1.29, 1.82) is 0 Å². The fourth-order valence-electron chi connectivity index (χ4n) is 0.792. The molecule has 0 atom stereocenters. The van der Waals surface area contributed by atoms with E-state index < -0.39 is 0 Å². The van der Waals surface area contributed by atoms with Gasteiger partial charge >= 0.3 is 0 Å². The lowest BCUT2D eigenvalue weighted by atomic mass is 10.3. The van der Waals surface area contributed by atoms with Gasteiger partial charge in [0, 0.05) is 5.41 Å². The summed E-state index contributed by atoms with van der Waals surface area (Å²) in [5.41, 5.74) is 0. The lowest BCUT2D eigenvalue weighted by Gasteiger charge is -2.08. The van der Waals surface area contributed by atoms with Gasteiger partial charge in [0.2, 0.25) is 0 Å². The minimum Gasteiger partial charge on any atom is -0.463 e. The molecular weight excluding hydrogens is 144 g/mol. The van der Waals surface area contributed by atoms with Crippen molar-refractivity contribution < 1.29 is 4.74 Å². The Morgan fingerprint density at radius 2 is 2.50 bits per heavy atom. The molecule has 0 aliphatic carbocycles. The van der Waals surface area contributed by atoms with Crippen LogP contribution in [0.2, 0.25) is 0 Å². The summed E-state index contributed by atoms with van der Waals surface area (Å²) < 4.78 is 5.20. The molecule has 0 amide bonds. The highest BCUT2D eigenvalue weighted by Crippen LogP contribution is 2.32. The number of benzene rings is 1. The molecule has 2 heteroatoms. The smallest absolute Gasteiger partial charge is 0.140 e. The van der Waals surface area contributed by atoms with Crippen LogP contribution >= 0.6 is 11.8 Å². The normalized spacial score (nSPS) is 14.0. The quantitative estimate of drug-likeness (QED) is 0.560. The van der Waals surface area contributed by atoms with E-state index in [4.69, 9.17) is 4.74 Å². The Morgan fingerprint density at radius 3 is 3.40 bits per heavy atom. The first kappa shape index (κ1) is 5.86. The van der Waals surface area contributed by atoms with E-state index in [1.807, 2.05) is 23.6 Å². The Balaban J connectivity index is 2.47. The molecule has 0 spiro atoms. The Labute approximate surface area is 63.7 Å². The predicted molar refractivity (Wildman–Crippen MR) is 40.9 cm³/mol. The van der Waals surface area contributed by atoms with Crippen molar-refractivity contribution in [3.8, 4) is 5.75 Å². The SMILES string of the molecule is [c]1ccc2c(c1)SC=CO2. The summed E-state index contributed by atoms with van der Waals surface area (Å²) in [5, 5.41) is 1.91. The highest BCUT2D eigenvalue weighted by atomic mass is 32.2. The Hall–Kier alpha value is -0.890. The zero-order valence-corrected chi connectivity index (χ0v) is 6.02. The van der Waals surface area contributed by atoms with Crippen molar-refractivity contribution in [3.05, 3.63) is 35.9 Å². The highest BCUT2D eigenvalue weighted by molar-refractivity contribution is 8.02. The molecule has 1 aliphatic heterocycles. The fraction of sp³-hybridized carbons (Fsp3) is 0. The maximum Gasteiger partial charge on any atom is 0.140 e. The molecule has 0 saturated carbocycles. The van der Waals surface area contributed by atoms with Gasteiger partial charge in [-0.3, -0.25) is 0 Å². The first-order valence-corrected chi connectivity index (χ1v) is 3.83. The van der Waals surface area contributed by atoms with Crippen LogP contribution in [0.25, 0.3) is 0 Å². The van der Waals surface area contributed by atoms with Crippen molar-refractivity contribution in [1.82, 2.24) is 0 Å². The molecule has 10 heavy (non-hydrogen) atoms. The number of thioether (sulfide) groups is 1. The summed E-state index contributed by atoms with van der Waals surface area (Å²) in [6.45, 7) is 0. The van der Waals surface area contributed by atoms with E-state index in [9.17, 15) is 0 Å². The fourth-order valence-corrected chi connectivity index (χ4v) is 1.42. The summed E-state index contributed by atoms with van der Waals surface area (Å²) in [5.74, 6) is 0.922. The van der Waals surface area contributed by atoms with Crippen LogP contribution < -0.4 is 4.74 Å². The van der Waals surface area contributed by atoms with Gasteiger partial charge in [0.1, 0.15) is 5.75 Å². The van der Waals surface area contributed by atoms with Crippen LogP contribution in [0.4, 0.5) is 0 Å². The summed E-state index contributed by atoms with van der Waals surface area (Å²) in [6.07, 6.45) is 1.69. The molecule has 0 bridgehead atoms. The predicted octanol–water partition coefficient (Wildman–Crippen LogP) is 2.44. The molecule has 1 radical (unpaired) electrons. The molecule has 0 fully saturated rings. The first-order chi connectivity index (χ1) is 4.97. The van der Waals surface area contributed by atoms with Crippen molar-refractivity contribution in [3.63, 3.8) is 0 Å². The van der Waals surface area contributed by atoms with Gasteiger partial charge in [0.05, 0.1) is 11.2 Å². The lowest BCUT2D eigenvalue weighted by molar-refractivity contribution is 0.468. The van der Waals surface area contributed by atoms with Crippen LogP contribution in [-0.2, 0) is 0 Å². The number of ether oxygens (including phenoxy) is 1. The zero-order chi connectivity index (χ0) is 6.81. The minimum absolute atomic E-state index is 0.922. The van der Waals surface area contributed by atoms with E-state index in [2.05, 4.69) is 6.07 Å². The van der Waals surface area contributed by atoms with Gasteiger partial charge in [-0.1, -0.05) is 17.8 Å². The molecule has 0 saturated heterocycles. The van der Waals surface area contributed by atoms with Crippen molar-refractivity contribution in [2.45, 2.75) is 4.90 Å². The molecular formula is C8H5OS. The maximum absolute atomic E-state index is 5.20. The van der Waals surface area contributed by atoms with Gasteiger partial charge in [0.25, 0.3) is 0 Å². The molecule has 1 aliphatic rings. The van der Waals surface area contributed by atoms with Crippen LogP contribution in [0.15, 0.2) is 34.8 Å². The number of fused-ring (bicyclic) bond motifs is 1. The Bertz CT molecular complexity index is 241. The topological polar surface area (TPSA) is 9.23 Å². The Kier molecular flexibility index (Phi) is 1.40. The molecule has 2 rings (SSSR count). The van der Waals surface area contributed by atoms with Crippen LogP contribution in [0, 0.1) is 6.07 Å². The molecule has 1 aromatic rings. The third kappa shape index (κ3) is 0.907. The minimum atomic E-state index is 0.922. The van der Waals surface area contributed by atoms with E-state index in [0.717, 1.165) is 10.6 Å². The van der Waals surface area contributed by atoms with Gasteiger partial charge in [-0.05, 0) is 18.2 Å². The van der Waals surface area contributed by atoms with Crippen molar-refractivity contribution in [2.24, 2.45) is 0 Å². The molecule has 1 heterocycles. The summed E-state index contributed by atoms with van der Waals surface area (Å²) in [7, 11) is 0. The number of rotatable bonds is 0. The van der Waals surface area contributed by atoms with E-state index in [-0.39, 0.29) is 0 Å². The summed E-state index contributed by atoms with van der Waals surface area (Å²) >= 11 is 1.65. The average molecular weight is 149 g/mol. The third-order valence-corrected chi connectivity index (χ3v) is 2.05. The molecule has 0 unspecified atom stereocenters. The van der Waals surface area contributed by atoms with Crippen molar-refractivity contribution >= 4 is 11.8 Å². The van der Waals surface area contributed by atoms with E-state index in [1.54, 1.807) is 18.0 Å². The lowest BCUT2D eigenvalue weighted by Crippen LogP contribution is -1.87. The van der Waals surface area contributed by atoms with Crippen LogP contribution in [0.5, 0.6) is 5.75 Å².